The van der Waals surface area contributed by atoms with E-state index in [1.807, 2.05) is 37.8 Å². The maximum absolute atomic E-state index is 12.3. The molecule has 5 nitrogen and oxygen atoms in total. The fourth-order valence-corrected chi connectivity index (χ4v) is 3.83. The van der Waals surface area contributed by atoms with Crippen molar-refractivity contribution in [1.29, 1.82) is 0 Å². The second kappa shape index (κ2) is 6.87. The number of para-hydroxylation sites is 1. The Morgan fingerprint density at radius 1 is 1.32 bits per heavy atom. The molecule has 1 unspecified atom stereocenters. The number of hydrogen-bond donors (Lipinski definition) is 1. The van der Waals surface area contributed by atoms with Crippen LogP contribution in [-0.4, -0.2) is 42.3 Å². The largest absolute Gasteiger partial charge is 0.490 e. The Balaban J connectivity index is 1.56. The molecular formula is C20H30N2O3. The number of likely N-dealkylation sites (tertiary alicyclic amines) is 1. The van der Waals surface area contributed by atoms with Crippen LogP contribution in [0.5, 0.6) is 5.75 Å². The van der Waals surface area contributed by atoms with Crippen LogP contribution in [0.2, 0.25) is 0 Å². The first-order valence-electron chi connectivity index (χ1n) is 9.23. The summed E-state index contributed by atoms with van der Waals surface area (Å²) in [6, 6.07) is 8.24. The molecule has 1 saturated heterocycles. The van der Waals surface area contributed by atoms with Crippen LogP contribution in [0.15, 0.2) is 24.3 Å². The molecule has 2 N–H and O–H groups in total. The van der Waals surface area contributed by atoms with Crippen LogP contribution in [0, 0.1) is 5.41 Å². The van der Waals surface area contributed by atoms with Crippen LogP contribution in [0.3, 0.4) is 0 Å². The summed E-state index contributed by atoms with van der Waals surface area (Å²) in [7, 11) is 0. The standard InChI is InChI=1S/C20H30N2O3/c1-19(2,3)25-18(23)22-10-8-20(14-21,9-11-22)13-16-12-15-6-4-5-7-17(15)24-16/h4-7,16H,8-14,21H2,1-3H3. The number of hydrogen-bond acceptors (Lipinski definition) is 4. The van der Waals surface area contributed by atoms with E-state index in [2.05, 4.69) is 12.1 Å². The van der Waals surface area contributed by atoms with Gasteiger partial charge in [0.25, 0.3) is 0 Å². The molecule has 1 aromatic rings. The lowest BCUT2D eigenvalue weighted by atomic mass is 9.74. The highest BCUT2D eigenvalue weighted by Crippen LogP contribution is 2.40. The van der Waals surface area contributed by atoms with Gasteiger partial charge in [0, 0.05) is 19.5 Å². The predicted molar refractivity (Wildman–Crippen MR) is 97.7 cm³/mol. The fraction of sp³-hybridized carbons (Fsp3) is 0.650. The Morgan fingerprint density at radius 2 is 2.00 bits per heavy atom. The number of amides is 1. The number of nitrogens with zero attached hydrogens (tertiary/aromatic N) is 1. The van der Waals surface area contributed by atoms with Crippen molar-refractivity contribution in [2.75, 3.05) is 19.6 Å². The molecule has 2 aliphatic rings. The lowest BCUT2D eigenvalue weighted by molar-refractivity contribution is 0.00545. The highest BCUT2D eigenvalue weighted by Gasteiger charge is 2.39. The Morgan fingerprint density at radius 3 is 2.60 bits per heavy atom. The molecule has 5 heteroatoms. The number of piperidine rings is 1. The molecule has 0 bridgehead atoms. The lowest BCUT2D eigenvalue weighted by Crippen LogP contribution is -2.48. The Kier molecular flexibility index (Phi) is 4.96. The van der Waals surface area contributed by atoms with Gasteiger partial charge in [-0.25, -0.2) is 4.79 Å². The van der Waals surface area contributed by atoms with Crippen molar-refractivity contribution < 1.29 is 14.3 Å². The normalized spacial score (nSPS) is 22.2. The average molecular weight is 346 g/mol. The predicted octanol–water partition coefficient (Wildman–Crippen LogP) is 3.36. The molecule has 3 rings (SSSR count). The van der Waals surface area contributed by atoms with Crippen LogP contribution < -0.4 is 10.5 Å². The van der Waals surface area contributed by atoms with Gasteiger partial charge in [0.15, 0.2) is 0 Å². The van der Waals surface area contributed by atoms with Gasteiger partial charge in [-0.2, -0.15) is 0 Å². The number of rotatable bonds is 3. The van der Waals surface area contributed by atoms with Gasteiger partial charge in [-0.1, -0.05) is 18.2 Å². The fourth-order valence-electron chi connectivity index (χ4n) is 3.83. The number of ether oxygens (including phenoxy) is 2. The van der Waals surface area contributed by atoms with Crippen LogP contribution in [-0.2, 0) is 11.2 Å². The molecule has 0 spiro atoms. The molecule has 138 valence electrons. The monoisotopic (exact) mass is 346 g/mol. The molecule has 0 saturated carbocycles. The third-order valence-electron chi connectivity index (χ3n) is 5.28. The zero-order valence-corrected chi connectivity index (χ0v) is 15.6. The maximum Gasteiger partial charge on any atom is 0.410 e. The van der Waals surface area contributed by atoms with E-state index in [0.717, 1.165) is 31.4 Å². The number of benzene rings is 1. The summed E-state index contributed by atoms with van der Waals surface area (Å²) in [5.41, 5.74) is 7.03. The summed E-state index contributed by atoms with van der Waals surface area (Å²) in [6.07, 6.45) is 3.67. The highest BCUT2D eigenvalue weighted by molar-refractivity contribution is 5.68. The van der Waals surface area contributed by atoms with Gasteiger partial charge in [0.05, 0.1) is 0 Å². The van der Waals surface area contributed by atoms with Crippen molar-refractivity contribution >= 4 is 6.09 Å². The topological polar surface area (TPSA) is 64.8 Å². The summed E-state index contributed by atoms with van der Waals surface area (Å²) in [5, 5.41) is 0. The first kappa shape index (κ1) is 18.1. The van der Waals surface area contributed by atoms with Crippen LogP contribution >= 0.6 is 0 Å². The molecule has 2 heterocycles. The second-order valence-corrected chi connectivity index (χ2v) is 8.43. The SMILES string of the molecule is CC(C)(C)OC(=O)N1CCC(CN)(CC2Cc3ccccc3O2)CC1. The highest BCUT2D eigenvalue weighted by atomic mass is 16.6. The molecular weight excluding hydrogens is 316 g/mol. The van der Waals surface area contributed by atoms with Crippen molar-refractivity contribution in [3.05, 3.63) is 29.8 Å². The first-order valence-corrected chi connectivity index (χ1v) is 9.23. The number of fused-ring (bicyclic) bond motifs is 1. The summed E-state index contributed by atoms with van der Waals surface area (Å²) in [5.74, 6) is 1.01. The summed E-state index contributed by atoms with van der Waals surface area (Å²) in [4.78, 5) is 14.1. The van der Waals surface area contributed by atoms with Crippen LogP contribution in [0.4, 0.5) is 4.79 Å². The van der Waals surface area contributed by atoms with Gasteiger partial charge < -0.3 is 20.1 Å². The smallest absolute Gasteiger partial charge is 0.410 e. The van der Waals surface area contributed by atoms with E-state index in [0.29, 0.717) is 19.6 Å². The Labute approximate surface area is 150 Å². The lowest BCUT2D eigenvalue weighted by Gasteiger charge is -2.42. The molecule has 1 atom stereocenters. The minimum atomic E-state index is -0.455. The van der Waals surface area contributed by atoms with Crippen LogP contribution in [0.25, 0.3) is 0 Å². The molecule has 1 amide bonds. The van der Waals surface area contributed by atoms with Crippen LogP contribution in [0.1, 0.15) is 45.6 Å². The summed E-state index contributed by atoms with van der Waals surface area (Å²) in [6.45, 7) is 7.72. The second-order valence-electron chi connectivity index (χ2n) is 8.43. The van der Waals surface area contributed by atoms with Crippen molar-refractivity contribution in [3.8, 4) is 5.75 Å². The Hall–Kier alpha value is -1.75. The van der Waals surface area contributed by atoms with Gasteiger partial charge in [-0.05, 0) is 63.6 Å². The van der Waals surface area contributed by atoms with Gasteiger partial charge in [0.1, 0.15) is 17.5 Å². The quantitative estimate of drug-likeness (QED) is 0.911. The maximum atomic E-state index is 12.3. The van der Waals surface area contributed by atoms with E-state index >= 15 is 0 Å². The van der Waals surface area contributed by atoms with Gasteiger partial charge >= 0.3 is 6.09 Å². The van der Waals surface area contributed by atoms with Crippen molar-refractivity contribution in [2.24, 2.45) is 11.1 Å². The minimum absolute atomic E-state index is 0.0468. The zero-order chi connectivity index (χ0) is 18.1. The first-order chi connectivity index (χ1) is 11.8. The number of nitrogens with two attached hydrogens (primary N) is 1. The molecule has 0 aliphatic carbocycles. The van der Waals surface area contributed by atoms with E-state index in [1.54, 1.807) is 0 Å². The van der Waals surface area contributed by atoms with E-state index in [-0.39, 0.29) is 17.6 Å². The number of carbonyl (C=O) groups is 1. The third-order valence-corrected chi connectivity index (χ3v) is 5.28. The van der Waals surface area contributed by atoms with Crippen molar-refractivity contribution in [2.45, 2.75) is 58.2 Å². The van der Waals surface area contributed by atoms with Gasteiger partial charge in [-0.3, -0.25) is 0 Å². The van der Waals surface area contributed by atoms with E-state index in [9.17, 15) is 4.79 Å². The average Bonchev–Trinajstić information content (AvgIpc) is 2.95. The van der Waals surface area contributed by atoms with E-state index in [1.165, 1.54) is 5.56 Å². The van der Waals surface area contributed by atoms with Crippen molar-refractivity contribution in [3.63, 3.8) is 0 Å². The summed E-state index contributed by atoms with van der Waals surface area (Å²) >= 11 is 0. The third kappa shape index (κ3) is 4.27. The molecule has 2 aliphatic heterocycles. The van der Waals surface area contributed by atoms with E-state index in [4.69, 9.17) is 15.2 Å². The molecule has 25 heavy (non-hydrogen) atoms. The molecule has 1 aromatic carbocycles. The summed E-state index contributed by atoms with van der Waals surface area (Å²) < 4.78 is 11.6. The van der Waals surface area contributed by atoms with Gasteiger partial charge in [-0.15, -0.1) is 0 Å². The zero-order valence-electron chi connectivity index (χ0n) is 15.6. The molecule has 0 radical (unpaired) electrons. The number of carbonyl (C=O) groups excluding carboxylic acids is 1. The van der Waals surface area contributed by atoms with Gasteiger partial charge in [0.2, 0.25) is 0 Å². The molecule has 1 fully saturated rings. The minimum Gasteiger partial charge on any atom is -0.490 e. The Bertz CT molecular complexity index is 591. The van der Waals surface area contributed by atoms with E-state index < -0.39 is 5.60 Å². The molecule has 0 aromatic heterocycles. The van der Waals surface area contributed by atoms with Crippen molar-refractivity contribution in [1.82, 2.24) is 4.90 Å².